The van der Waals surface area contributed by atoms with E-state index >= 15 is 0 Å². The van der Waals surface area contributed by atoms with Gasteiger partial charge < -0.3 is 14.8 Å². The lowest BCUT2D eigenvalue weighted by Crippen LogP contribution is -2.21. The van der Waals surface area contributed by atoms with Gasteiger partial charge >= 0.3 is 0 Å². The number of carbonyl (C=O) groups is 2. The van der Waals surface area contributed by atoms with E-state index in [0.29, 0.717) is 30.2 Å². The van der Waals surface area contributed by atoms with Gasteiger partial charge in [0.15, 0.2) is 11.5 Å². The number of oxazole rings is 1. The number of aromatic nitrogens is 1. The number of hydrogen-bond acceptors (Lipinski definition) is 6. The Balaban J connectivity index is 1.63. The molecule has 1 fully saturated rings. The lowest BCUT2D eigenvalue weighted by molar-refractivity contribution is 0.100. The van der Waals surface area contributed by atoms with E-state index in [4.69, 9.17) is 4.42 Å². The van der Waals surface area contributed by atoms with Crippen LogP contribution in [0.1, 0.15) is 40.1 Å². The maximum absolute atomic E-state index is 12.2. The number of aliphatic hydroxyl groups is 1. The highest BCUT2D eigenvalue weighted by Crippen LogP contribution is 2.15. The number of nitrogens with one attached hydrogen (secondary N) is 1. The van der Waals surface area contributed by atoms with Gasteiger partial charge in [-0.05, 0) is 25.5 Å². The summed E-state index contributed by atoms with van der Waals surface area (Å²) in [5.74, 6) is -0.0264. The van der Waals surface area contributed by atoms with Gasteiger partial charge in [-0.3, -0.25) is 14.5 Å². The number of β-amino-alcohol motifs (C(OH)–C–C–N with tert-alkyl or cyclic N) is 1. The lowest BCUT2D eigenvalue weighted by atomic mass is 10.1. The Bertz CT molecular complexity index is 756. The molecule has 1 amide bonds. The summed E-state index contributed by atoms with van der Waals surface area (Å²) < 4.78 is 5.33. The van der Waals surface area contributed by atoms with Crippen LogP contribution in [0.4, 0.5) is 5.69 Å². The lowest BCUT2D eigenvalue weighted by Gasteiger charge is -2.11. The van der Waals surface area contributed by atoms with E-state index in [2.05, 4.69) is 10.3 Å². The number of benzene rings is 1. The molecule has 0 saturated carbocycles. The molecule has 1 saturated heterocycles. The van der Waals surface area contributed by atoms with Crippen LogP contribution in [0.15, 0.2) is 34.9 Å². The summed E-state index contributed by atoms with van der Waals surface area (Å²) in [5.41, 5.74) is 1.24. The number of amides is 1. The van der Waals surface area contributed by atoms with Gasteiger partial charge in [0.05, 0.1) is 12.6 Å². The van der Waals surface area contributed by atoms with Crippen molar-refractivity contribution in [2.24, 2.45) is 0 Å². The Morgan fingerprint density at radius 2 is 2.29 bits per heavy atom. The third-order valence-electron chi connectivity index (χ3n) is 3.92. The fourth-order valence-corrected chi connectivity index (χ4v) is 2.65. The average Bonchev–Trinajstić information content (AvgIpc) is 3.17. The summed E-state index contributed by atoms with van der Waals surface area (Å²) in [6.45, 7) is 3.30. The smallest absolute Gasteiger partial charge is 0.277 e. The molecule has 7 heteroatoms. The van der Waals surface area contributed by atoms with Crippen LogP contribution in [0.3, 0.4) is 0 Å². The summed E-state index contributed by atoms with van der Waals surface area (Å²) in [7, 11) is 0. The third-order valence-corrected chi connectivity index (χ3v) is 3.92. The monoisotopic (exact) mass is 329 g/mol. The van der Waals surface area contributed by atoms with Gasteiger partial charge in [0.2, 0.25) is 5.89 Å². The highest BCUT2D eigenvalue weighted by atomic mass is 16.3. The minimum absolute atomic E-state index is 0.0670. The van der Waals surface area contributed by atoms with Gasteiger partial charge in [0, 0.05) is 24.3 Å². The summed E-state index contributed by atoms with van der Waals surface area (Å²) in [4.78, 5) is 29.8. The Labute approximate surface area is 139 Å². The van der Waals surface area contributed by atoms with Gasteiger partial charge in [0.1, 0.15) is 6.26 Å². The molecule has 7 nitrogen and oxygen atoms in total. The molecule has 3 rings (SSSR count). The second-order valence-corrected chi connectivity index (χ2v) is 5.90. The van der Waals surface area contributed by atoms with E-state index in [1.165, 1.54) is 13.2 Å². The van der Waals surface area contributed by atoms with E-state index in [-0.39, 0.29) is 17.6 Å². The van der Waals surface area contributed by atoms with E-state index in [9.17, 15) is 14.7 Å². The molecule has 24 heavy (non-hydrogen) atoms. The van der Waals surface area contributed by atoms with Crippen LogP contribution in [-0.4, -0.2) is 45.9 Å². The number of rotatable bonds is 5. The van der Waals surface area contributed by atoms with Crippen molar-refractivity contribution in [1.29, 1.82) is 0 Å². The minimum atomic E-state index is -0.396. The second kappa shape index (κ2) is 6.94. The second-order valence-electron chi connectivity index (χ2n) is 5.90. The maximum Gasteiger partial charge on any atom is 0.277 e. The molecule has 1 aromatic heterocycles. The van der Waals surface area contributed by atoms with E-state index in [0.717, 1.165) is 13.0 Å². The van der Waals surface area contributed by atoms with Crippen molar-refractivity contribution in [3.63, 3.8) is 0 Å². The Kier molecular flexibility index (Phi) is 4.73. The van der Waals surface area contributed by atoms with Crippen molar-refractivity contribution in [3.05, 3.63) is 47.7 Å². The zero-order chi connectivity index (χ0) is 17.1. The first-order valence-electron chi connectivity index (χ1n) is 7.78. The number of hydrogen-bond donors (Lipinski definition) is 2. The zero-order valence-electron chi connectivity index (χ0n) is 13.4. The molecule has 0 unspecified atom stereocenters. The van der Waals surface area contributed by atoms with Crippen molar-refractivity contribution in [3.8, 4) is 0 Å². The van der Waals surface area contributed by atoms with Crippen molar-refractivity contribution in [1.82, 2.24) is 9.88 Å². The fourth-order valence-electron chi connectivity index (χ4n) is 2.65. The molecule has 1 aromatic carbocycles. The minimum Gasteiger partial charge on any atom is -0.447 e. The number of ketones is 1. The van der Waals surface area contributed by atoms with Crippen molar-refractivity contribution < 1.29 is 19.1 Å². The fraction of sp³-hybridized carbons (Fsp3) is 0.353. The quantitative estimate of drug-likeness (QED) is 0.811. The summed E-state index contributed by atoms with van der Waals surface area (Å²) in [5, 5.41) is 12.2. The largest absolute Gasteiger partial charge is 0.447 e. The highest BCUT2D eigenvalue weighted by Gasteiger charge is 2.22. The van der Waals surface area contributed by atoms with Crippen LogP contribution in [0, 0.1) is 0 Å². The van der Waals surface area contributed by atoms with E-state index in [1.54, 1.807) is 24.3 Å². The van der Waals surface area contributed by atoms with Gasteiger partial charge in [-0.1, -0.05) is 12.1 Å². The van der Waals surface area contributed by atoms with Gasteiger partial charge in [-0.15, -0.1) is 0 Å². The molecule has 0 radical (unpaired) electrons. The van der Waals surface area contributed by atoms with Crippen molar-refractivity contribution >= 4 is 17.4 Å². The molecule has 2 aromatic rings. The molecule has 1 atom stereocenters. The number of aliphatic hydroxyl groups excluding tert-OH is 1. The molecule has 2 heterocycles. The number of anilines is 1. The van der Waals surface area contributed by atoms with Crippen molar-refractivity contribution in [2.75, 3.05) is 18.4 Å². The average molecular weight is 329 g/mol. The first-order chi connectivity index (χ1) is 11.5. The standard InChI is InChI=1S/C17H19N3O4/c1-11(21)12-3-2-4-13(7-12)18-17(23)15-10-24-16(19-15)9-20-6-5-14(22)8-20/h2-4,7,10,14,22H,5-6,8-9H2,1H3,(H,18,23)/t14-/m0/s1. The topological polar surface area (TPSA) is 95.7 Å². The van der Waals surface area contributed by atoms with Gasteiger partial charge in [0.25, 0.3) is 5.91 Å². The molecular formula is C17H19N3O4. The first kappa shape index (κ1) is 16.4. The summed E-state index contributed by atoms with van der Waals surface area (Å²) >= 11 is 0. The van der Waals surface area contributed by atoms with Crippen LogP contribution >= 0.6 is 0 Å². The van der Waals surface area contributed by atoms with Crippen molar-refractivity contribution in [2.45, 2.75) is 26.0 Å². The first-order valence-corrected chi connectivity index (χ1v) is 7.78. The van der Waals surface area contributed by atoms with E-state index in [1.807, 2.05) is 4.90 Å². The van der Waals surface area contributed by atoms with Crippen LogP contribution in [0.2, 0.25) is 0 Å². The number of carbonyl (C=O) groups excluding carboxylic acids is 2. The predicted molar refractivity (Wildman–Crippen MR) is 86.8 cm³/mol. The Morgan fingerprint density at radius 3 is 3.00 bits per heavy atom. The molecule has 1 aliphatic heterocycles. The highest BCUT2D eigenvalue weighted by molar-refractivity contribution is 6.03. The molecule has 126 valence electrons. The number of likely N-dealkylation sites (tertiary alicyclic amines) is 1. The van der Waals surface area contributed by atoms with Gasteiger partial charge in [-0.2, -0.15) is 0 Å². The Hall–Kier alpha value is -2.51. The summed E-state index contributed by atoms with van der Waals surface area (Å²) in [6, 6.07) is 6.72. The molecule has 2 N–H and O–H groups in total. The molecule has 0 aliphatic carbocycles. The van der Waals surface area contributed by atoms with Crippen LogP contribution in [-0.2, 0) is 6.54 Å². The predicted octanol–water partition coefficient (Wildman–Crippen LogP) is 1.70. The SMILES string of the molecule is CC(=O)c1cccc(NC(=O)c2coc(CN3CC[C@H](O)C3)n2)c1. The summed E-state index contributed by atoms with van der Waals surface area (Å²) in [6.07, 6.45) is 1.74. The van der Waals surface area contributed by atoms with E-state index < -0.39 is 5.91 Å². The third kappa shape index (κ3) is 3.87. The molecule has 1 aliphatic rings. The van der Waals surface area contributed by atoms with Gasteiger partial charge in [-0.25, -0.2) is 4.98 Å². The molecular weight excluding hydrogens is 310 g/mol. The number of nitrogens with zero attached hydrogens (tertiary/aromatic N) is 2. The number of Topliss-reactive ketones (excluding diaryl/α,β-unsaturated/α-hetero) is 1. The molecule has 0 spiro atoms. The Morgan fingerprint density at radius 1 is 1.46 bits per heavy atom. The van der Waals surface area contributed by atoms with Crippen LogP contribution in [0.5, 0.6) is 0 Å². The zero-order valence-corrected chi connectivity index (χ0v) is 13.4. The van der Waals surface area contributed by atoms with Crippen LogP contribution in [0.25, 0.3) is 0 Å². The normalized spacial score (nSPS) is 17.8. The maximum atomic E-state index is 12.2. The van der Waals surface area contributed by atoms with Crippen LogP contribution < -0.4 is 5.32 Å². The molecule has 0 bridgehead atoms.